The summed E-state index contributed by atoms with van der Waals surface area (Å²) in [6.07, 6.45) is -1.77. The van der Waals surface area contributed by atoms with Crippen molar-refractivity contribution in [3.63, 3.8) is 0 Å². The highest BCUT2D eigenvalue weighted by Gasteiger charge is 2.65. The zero-order valence-corrected chi connectivity index (χ0v) is 15.3. The fraction of sp³-hybridized carbons (Fsp3) is 0.375. The molecule has 0 aromatic heterocycles. The first kappa shape index (κ1) is 22.8. The molecule has 0 atom stereocenters. The maximum Gasteiger partial charge on any atom is 0.431 e. The fourth-order valence-electron chi connectivity index (χ4n) is 2.16. The molecule has 0 saturated carbocycles. The fourth-order valence-corrected chi connectivity index (χ4v) is 2.64. The first-order valence-electron chi connectivity index (χ1n) is 7.79. The lowest BCUT2D eigenvalue weighted by Gasteiger charge is -2.23. The zero-order valence-electron chi connectivity index (χ0n) is 14.5. The Bertz CT molecular complexity index is 942. The van der Waals surface area contributed by atoms with Gasteiger partial charge in [-0.2, -0.15) is 26.0 Å². The van der Waals surface area contributed by atoms with Gasteiger partial charge < -0.3 is 14.2 Å². The summed E-state index contributed by atoms with van der Waals surface area (Å²) in [4.78, 5) is 23.2. The molecule has 1 aromatic rings. The number of carbonyl (C=O) groups excluding carboxylic acids is 2. The number of rotatable bonds is 9. The maximum absolute atomic E-state index is 13.3. The Balaban J connectivity index is 1.87. The van der Waals surface area contributed by atoms with E-state index in [9.17, 15) is 35.6 Å². The summed E-state index contributed by atoms with van der Waals surface area (Å²) in [6, 6.07) is 4.42. The van der Waals surface area contributed by atoms with Crippen LogP contribution < -0.4 is 9.47 Å². The van der Waals surface area contributed by atoms with Crippen LogP contribution in [0.2, 0.25) is 0 Å². The predicted molar refractivity (Wildman–Crippen MR) is 87.4 cm³/mol. The highest BCUT2D eigenvalue weighted by molar-refractivity contribution is 7.87. The minimum Gasteiger partial charge on any atom is -0.422 e. The van der Waals surface area contributed by atoms with Crippen LogP contribution in [0.25, 0.3) is 0 Å². The van der Waals surface area contributed by atoms with E-state index in [2.05, 4.69) is 11.3 Å². The van der Waals surface area contributed by atoms with Crippen LogP contribution in [-0.4, -0.2) is 49.3 Å². The second-order valence-electron chi connectivity index (χ2n) is 5.89. The van der Waals surface area contributed by atoms with Gasteiger partial charge in [-0.25, -0.2) is 4.79 Å². The molecule has 1 aliphatic heterocycles. The third kappa shape index (κ3) is 4.92. The van der Waals surface area contributed by atoms with Crippen molar-refractivity contribution in [2.75, 3.05) is 13.2 Å². The normalized spacial score (nSPS) is 14.3. The highest BCUT2D eigenvalue weighted by Crippen LogP contribution is 2.40. The Labute approximate surface area is 161 Å². The van der Waals surface area contributed by atoms with Gasteiger partial charge in [0.05, 0.1) is 25.2 Å². The van der Waals surface area contributed by atoms with Gasteiger partial charge in [0.2, 0.25) is 0 Å². The molecule has 2 rings (SSSR count). The van der Waals surface area contributed by atoms with Gasteiger partial charge in [0.25, 0.3) is 0 Å². The number of benzene rings is 1. The molecule has 1 N–H and O–H groups in total. The first-order valence-corrected chi connectivity index (χ1v) is 9.23. The monoisotopic (exact) mass is 442 g/mol. The predicted octanol–water partition coefficient (Wildman–Crippen LogP) is 2.13. The number of esters is 2. The minimum atomic E-state index is -6.34. The summed E-state index contributed by atoms with van der Waals surface area (Å²) < 4.78 is 96.2. The van der Waals surface area contributed by atoms with Crippen molar-refractivity contribution >= 4 is 22.1 Å². The van der Waals surface area contributed by atoms with E-state index >= 15 is 0 Å². The first-order chi connectivity index (χ1) is 13.3. The van der Waals surface area contributed by atoms with Gasteiger partial charge in [-0.15, -0.1) is 0 Å². The topological polar surface area (TPSA) is 116 Å². The summed E-state index contributed by atoms with van der Waals surface area (Å²) in [6.45, 7) is 1.53. The summed E-state index contributed by atoms with van der Waals surface area (Å²) in [7, 11) is -6.34. The standard InChI is InChI=1S/C16H14F4O8S/c1-9(8-26-6-5-15(17,18)16(19,20)29(23,24)25)14(22)27-11-4-2-3-10-7-12(21)28-13(10)11/h2-4H,1,5-8H2,(H,23,24,25). The lowest BCUT2D eigenvalue weighted by molar-refractivity contribution is -0.170. The number of fused-ring (bicyclic) bond motifs is 1. The molecule has 1 heterocycles. The maximum atomic E-state index is 13.3. The summed E-state index contributed by atoms with van der Waals surface area (Å²) in [5, 5.41) is -5.70. The SMILES string of the molecule is C=C(COCCC(F)(F)C(F)(F)S(=O)(=O)O)C(=O)Oc1cccc2c1OC(=O)C2. The van der Waals surface area contributed by atoms with Gasteiger partial charge in [0, 0.05) is 12.0 Å². The third-order valence-electron chi connectivity index (χ3n) is 3.69. The molecule has 1 aromatic carbocycles. The van der Waals surface area contributed by atoms with Crippen LogP contribution in [0.1, 0.15) is 12.0 Å². The van der Waals surface area contributed by atoms with Crippen molar-refractivity contribution in [1.29, 1.82) is 0 Å². The van der Waals surface area contributed by atoms with Crippen LogP contribution in [0.3, 0.4) is 0 Å². The van der Waals surface area contributed by atoms with E-state index < -0.39 is 52.9 Å². The van der Waals surface area contributed by atoms with Gasteiger partial charge in [-0.3, -0.25) is 9.35 Å². The van der Waals surface area contributed by atoms with E-state index in [1.807, 2.05) is 0 Å². The van der Waals surface area contributed by atoms with Gasteiger partial charge in [0.1, 0.15) is 0 Å². The van der Waals surface area contributed by atoms with E-state index in [0.29, 0.717) is 5.56 Å². The Hall–Kier alpha value is -2.51. The van der Waals surface area contributed by atoms with Crippen LogP contribution >= 0.6 is 0 Å². The lowest BCUT2D eigenvalue weighted by Crippen LogP contribution is -2.47. The molecular formula is C16H14F4O8S. The second-order valence-corrected chi connectivity index (χ2v) is 7.35. The van der Waals surface area contributed by atoms with Crippen molar-refractivity contribution in [3.8, 4) is 11.5 Å². The van der Waals surface area contributed by atoms with Crippen LogP contribution in [0.15, 0.2) is 30.4 Å². The lowest BCUT2D eigenvalue weighted by atomic mass is 10.1. The van der Waals surface area contributed by atoms with Crippen LogP contribution in [0.5, 0.6) is 11.5 Å². The number of alkyl halides is 4. The molecule has 0 spiro atoms. The molecule has 1 aliphatic rings. The molecule has 0 fully saturated rings. The molecule has 160 valence electrons. The van der Waals surface area contributed by atoms with Crippen molar-refractivity contribution in [1.82, 2.24) is 0 Å². The molecule has 8 nitrogen and oxygen atoms in total. The average molecular weight is 442 g/mol. The molecule has 0 unspecified atom stereocenters. The third-order valence-corrected chi connectivity index (χ3v) is 4.64. The molecule has 0 radical (unpaired) electrons. The molecule has 0 amide bonds. The zero-order chi connectivity index (χ0) is 22.0. The molecule has 29 heavy (non-hydrogen) atoms. The van der Waals surface area contributed by atoms with Crippen molar-refractivity contribution < 1.29 is 54.3 Å². The Morgan fingerprint density at radius 3 is 2.55 bits per heavy atom. The van der Waals surface area contributed by atoms with Crippen molar-refractivity contribution in [3.05, 3.63) is 35.9 Å². The van der Waals surface area contributed by atoms with Crippen LogP contribution in [0, 0.1) is 0 Å². The molecular weight excluding hydrogens is 428 g/mol. The van der Waals surface area contributed by atoms with Crippen molar-refractivity contribution in [2.45, 2.75) is 24.0 Å². The average Bonchev–Trinajstić information content (AvgIpc) is 2.98. The van der Waals surface area contributed by atoms with Crippen LogP contribution in [0.4, 0.5) is 17.6 Å². The second kappa shape index (κ2) is 8.08. The molecule has 0 aliphatic carbocycles. The summed E-state index contributed by atoms with van der Waals surface area (Å²) >= 11 is 0. The summed E-state index contributed by atoms with van der Waals surface area (Å²) in [5.74, 6) is -6.76. The van der Waals surface area contributed by atoms with E-state index in [0.717, 1.165) is 0 Å². The van der Waals surface area contributed by atoms with Gasteiger partial charge in [-0.05, 0) is 6.07 Å². The van der Waals surface area contributed by atoms with Crippen molar-refractivity contribution in [2.24, 2.45) is 0 Å². The van der Waals surface area contributed by atoms with E-state index in [-0.39, 0.29) is 23.5 Å². The quantitative estimate of drug-likeness (QED) is 0.154. The molecule has 0 bridgehead atoms. The number of hydrogen-bond donors (Lipinski definition) is 1. The van der Waals surface area contributed by atoms with E-state index in [1.165, 1.54) is 12.1 Å². The molecule has 0 saturated heterocycles. The smallest absolute Gasteiger partial charge is 0.422 e. The minimum absolute atomic E-state index is 0.00676. The van der Waals surface area contributed by atoms with Crippen LogP contribution in [-0.2, 0) is 30.9 Å². The van der Waals surface area contributed by atoms with Gasteiger partial charge in [-0.1, -0.05) is 18.7 Å². The number of carbonyl (C=O) groups is 2. The van der Waals surface area contributed by atoms with Gasteiger partial charge in [0.15, 0.2) is 11.5 Å². The number of hydrogen-bond acceptors (Lipinski definition) is 7. The van der Waals surface area contributed by atoms with Gasteiger partial charge >= 0.3 is 33.2 Å². The number of ether oxygens (including phenoxy) is 3. The van der Waals surface area contributed by atoms with E-state index in [4.69, 9.17) is 14.0 Å². The van der Waals surface area contributed by atoms with E-state index in [1.54, 1.807) is 6.07 Å². The highest BCUT2D eigenvalue weighted by atomic mass is 32.2. The Kier molecular flexibility index (Phi) is 6.35. The number of para-hydroxylation sites is 1. The Morgan fingerprint density at radius 1 is 1.28 bits per heavy atom. The summed E-state index contributed by atoms with van der Waals surface area (Å²) in [5.41, 5.74) is 0.112. The molecule has 13 heteroatoms. The Morgan fingerprint density at radius 2 is 1.93 bits per heavy atom. The largest absolute Gasteiger partial charge is 0.431 e. The number of halogens is 4.